The van der Waals surface area contributed by atoms with Crippen molar-refractivity contribution in [1.29, 1.82) is 0 Å². The number of hydrogen-bond acceptors (Lipinski definition) is 1. The van der Waals surface area contributed by atoms with Crippen LogP contribution < -0.4 is 5.32 Å². The van der Waals surface area contributed by atoms with Crippen LogP contribution in [0.15, 0.2) is 18.2 Å². The standard InChI is InChI=1S/C13H16BrClFNO/c14-8-3-1-2-4-9-17-13(18)10-6-5-7-11(16)12(10)15/h5-7H,1-4,8-9H2,(H,17,18). The molecule has 100 valence electrons. The van der Waals surface area contributed by atoms with Gasteiger partial charge in [-0.3, -0.25) is 4.79 Å². The Morgan fingerprint density at radius 2 is 2.00 bits per heavy atom. The first-order valence-electron chi connectivity index (χ1n) is 5.95. The predicted molar refractivity (Wildman–Crippen MR) is 76.0 cm³/mol. The van der Waals surface area contributed by atoms with Gasteiger partial charge in [-0.1, -0.05) is 46.4 Å². The molecule has 1 rings (SSSR count). The number of halogens is 3. The van der Waals surface area contributed by atoms with Gasteiger partial charge in [0.25, 0.3) is 5.91 Å². The molecule has 1 N–H and O–H groups in total. The Kier molecular flexibility index (Phi) is 7.28. The van der Waals surface area contributed by atoms with Gasteiger partial charge in [-0.2, -0.15) is 0 Å². The highest BCUT2D eigenvalue weighted by molar-refractivity contribution is 9.09. The van der Waals surface area contributed by atoms with E-state index >= 15 is 0 Å². The Morgan fingerprint density at radius 1 is 1.28 bits per heavy atom. The van der Waals surface area contributed by atoms with Gasteiger partial charge >= 0.3 is 0 Å². The molecule has 1 amide bonds. The van der Waals surface area contributed by atoms with Crippen LogP contribution in [0.25, 0.3) is 0 Å². The molecule has 0 saturated heterocycles. The first-order valence-corrected chi connectivity index (χ1v) is 7.45. The SMILES string of the molecule is O=C(NCCCCCCBr)c1cccc(F)c1Cl. The van der Waals surface area contributed by atoms with Crippen LogP contribution in [-0.2, 0) is 0 Å². The molecular weight excluding hydrogens is 321 g/mol. The molecule has 1 aromatic carbocycles. The second-order valence-corrected chi connectivity index (χ2v) is 5.13. The Bertz CT molecular complexity index is 401. The molecule has 2 nitrogen and oxygen atoms in total. The Labute approximate surface area is 120 Å². The Morgan fingerprint density at radius 3 is 2.72 bits per heavy atom. The van der Waals surface area contributed by atoms with E-state index in [0.717, 1.165) is 31.0 Å². The lowest BCUT2D eigenvalue weighted by molar-refractivity contribution is 0.0952. The van der Waals surface area contributed by atoms with Crippen molar-refractivity contribution < 1.29 is 9.18 Å². The summed E-state index contributed by atoms with van der Waals surface area (Å²) in [6.45, 7) is 0.591. The molecule has 0 atom stereocenters. The third-order valence-electron chi connectivity index (χ3n) is 2.54. The molecule has 0 unspecified atom stereocenters. The number of carbonyl (C=O) groups excluding carboxylic acids is 1. The number of rotatable bonds is 7. The molecule has 0 radical (unpaired) electrons. The van der Waals surface area contributed by atoms with Crippen LogP contribution in [0.5, 0.6) is 0 Å². The van der Waals surface area contributed by atoms with Crippen molar-refractivity contribution >= 4 is 33.4 Å². The van der Waals surface area contributed by atoms with E-state index in [1.54, 1.807) is 0 Å². The van der Waals surface area contributed by atoms with Crippen molar-refractivity contribution in [2.75, 3.05) is 11.9 Å². The smallest absolute Gasteiger partial charge is 0.252 e. The second-order valence-electron chi connectivity index (χ2n) is 3.96. The fourth-order valence-corrected chi connectivity index (χ4v) is 2.16. The van der Waals surface area contributed by atoms with Gasteiger partial charge in [-0.05, 0) is 25.0 Å². The van der Waals surface area contributed by atoms with Gasteiger partial charge < -0.3 is 5.32 Å². The molecule has 0 bridgehead atoms. The molecule has 0 aliphatic carbocycles. The Hall–Kier alpha value is -0.610. The summed E-state index contributed by atoms with van der Waals surface area (Å²) in [5, 5.41) is 3.64. The number of alkyl halides is 1. The summed E-state index contributed by atoms with van der Waals surface area (Å²) < 4.78 is 13.2. The maximum absolute atomic E-state index is 13.2. The van der Waals surface area contributed by atoms with E-state index in [1.165, 1.54) is 18.2 Å². The zero-order chi connectivity index (χ0) is 13.4. The summed E-state index contributed by atoms with van der Waals surface area (Å²) in [5.74, 6) is -0.887. The molecule has 0 spiro atoms. The molecule has 0 saturated carbocycles. The number of unbranched alkanes of at least 4 members (excludes halogenated alkanes) is 3. The van der Waals surface area contributed by atoms with Crippen molar-refractivity contribution in [1.82, 2.24) is 5.32 Å². The molecule has 1 aromatic rings. The van der Waals surface area contributed by atoms with Gasteiger partial charge in [0.2, 0.25) is 0 Å². The van der Waals surface area contributed by atoms with Gasteiger partial charge in [-0.25, -0.2) is 4.39 Å². The minimum atomic E-state index is -0.568. The number of amides is 1. The quantitative estimate of drug-likeness (QED) is 0.588. The van der Waals surface area contributed by atoms with Crippen LogP contribution in [0.2, 0.25) is 5.02 Å². The maximum atomic E-state index is 13.2. The first kappa shape index (κ1) is 15.4. The summed E-state index contributed by atoms with van der Waals surface area (Å²) in [6, 6.07) is 4.23. The lowest BCUT2D eigenvalue weighted by Crippen LogP contribution is -2.24. The maximum Gasteiger partial charge on any atom is 0.252 e. The zero-order valence-corrected chi connectivity index (χ0v) is 12.4. The van der Waals surface area contributed by atoms with Crippen LogP contribution in [0.4, 0.5) is 4.39 Å². The largest absolute Gasteiger partial charge is 0.352 e. The number of benzene rings is 1. The van der Waals surface area contributed by atoms with E-state index in [2.05, 4.69) is 21.2 Å². The molecule has 0 aromatic heterocycles. The third-order valence-corrected chi connectivity index (χ3v) is 3.49. The van der Waals surface area contributed by atoms with Crippen molar-refractivity contribution in [3.05, 3.63) is 34.6 Å². The lowest BCUT2D eigenvalue weighted by atomic mass is 10.2. The molecule has 18 heavy (non-hydrogen) atoms. The van der Waals surface area contributed by atoms with E-state index in [-0.39, 0.29) is 16.5 Å². The fraction of sp³-hybridized carbons (Fsp3) is 0.462. The van der Waals surface area contributed by atoms with E-state index in [9.17, 15) is 9.18 Å². The van der Waals surface area contributed by atoms with Gasteiger partial charge in [-0.15, -0.1) is 0 Å². The van der Waals surface area contributed by atoms with E-state index in [1.807, 2.05) is 0 Å². The lowest BCUT2D eigenvalue weighted by Gasteiger charge is -2.07. The third kappa shape index (κ3) is 4.94. The van der Waals surface area contributed by atoms with Crippen LogP contribution in [0.3, 0.4) is 0 Å². The van der Waals surface area contributed by atoms with Gasteiger partial charge in [0.1, 0.15) is 5.82 Å². The van der Waals surface area contributed by atoms with Crippen molar-refractivity contribution in [2.24, 2.45) is 0 Å². The minimum Gasteiger partial charge on any atom is -0.352 e. The van der Waals surface area contributed by atoms with Crippen LogP contribution in [-0.4, -0.2) is 17.8 Å². The summed E-state index contributed by atoms with van der Waals surface area (Å²) in [5.41, 5.74) is 0.192. The Balaban J connectivity index is 2.35. The van der Waals surface area contributed by atoms with Crippen LogP contribution >= 0.6 is 27.5 Å². The normalized spacial score (nSPS) is 10.4. The number of hydrogen-bond donors (Lipinski definition) is 1. The number of carbonyl (C=O) groups is 1. The second kappa shape index (κ2) is 8.48. The molecule has 5 heteroatoms. The molecule has 0 fully saturated rings. The molecular formula is C13H16BrClFNO. The fourth-order valence-electron chi connectivity index (χ4n) is 1.55. The highest BCUT2D eigenvalue weighted by Gasteiger charge is 2.12. The zero-order valence-electron chi connectivity index (χ0n) is 10.0. The van der Waals surface area contributed by atoms with E-state index < -0.39 is 5.82 Å². The van der Waals surface area contributed by atoms with Gasteiger partial charge in [0.15, 0.2) is 0 Å². The van der Waals surface area contributed by atoms with E-state index in [4.69, 9.17) is 11.6 Å². The highest BCUT2D eigenvalue weighted by atomic mass is 79.9. The topological polar surface area (TPSA) is 29.1 Å². The summed E-state index contributed by atoms with van der Waals surface area (Å²) in [4.78, 5) is 11.7. The minimum absolute atomic E-state index is 0.116. The summed E-state index contributed by atoms with van der Waals surface area (Å²) >= 11 is 9.10. The van der Waals surface area contributed by atoms with Crippen molar-refractivity contribution in [3.63, 3.8) is 0 Å². The van der Waals surface area contributed by atoms with Gasteiger partial charge in [0.05, 0.1) is 10.6 Å². The van der Waals surface area contributed by atoms with Crippen molar-refractivity contribution in [2.45, 2.75) is 25.7 Å². The summed E-state index contributed by atoms with van der Waals surface area (Å²) in [6.07, 6.45) is 4.28. The molecule has 0 aliphatic rings. The first-order chi connectivity index (χ1) is 8.66. The van der Waals surface area contributed by atoms with Gasteiger partial charge in [0, 0.05) is 11.9 Å². The van der Waals surface area contributed by atoms with Crippen molar-refractivity contribution in [3.8, 4) is 0 Å². The highest BCUT2D eigenvalue weighted by Crippen LogP contribution is 2.19. The molecule has 0 aliphatic heterocycles. The average Bonchev–Trinajstić information content (AvgIpc) is 2.36. The average molecular weight is 337 g/mol. The summed E-state index contributed by atoms with van der Waals surface area (Å²) in [7, 11) is 0. The number of nitrogens with one attached hydrogen (secondary N) is 1. The van der Waals surface area contributed by atoms with Crippen LogP contribution in [0, 0.1) is 5.82 Å². The predicted octanol–water partition coefficient (Wildman–Crippen LogP) is 4.16. The monoisotopic (exact) mass is 335 g/mol. The van der Waals surface area contributed by atoms with Crippen LogP contribution in [0.1, 0.15) is 36.0 Å². The van der Waals surface area contributed by atoms with E-state index in [0.29, 0.717) is 6.54 Å². The molecule has 0 heterocycles.